The number of pyridine rings is 1. The molecular formula is C12H6ClF2NO3. The van der Waals surface area contributed by atoms with Gasteiger partial charge in [-0.2, -0.15) is 0 Å². The topological polar surface area (TPSA) is 59.4 Å². The number of benzene rings is 1. The largest absolute Gasteiger partial charge is 0.477 e. The third-order valence-electron chi connectivity index (χ3n) is 2.16. The molecule has 0 fully saturated rings. The molecule has 0 saturated carbocycles. The van der Waals surface area contributed by atoms with E-state index < -0.39 is 29.2 Å². The highest BCUT2D eigenvalue weighted by Gasteiger charge is 2.16. The second-order valence-corrected chi connectivity index (χ2v) is 3.86. The van der Waals surface area contributed by atoms with Gasteiger partial charge in [0.25, 0.3) is 0 Å². The average Bonchev–Trinajstić information content (AvgIpc) is 2.33. The zero-order chi connectivity index (χ0) is 14.0. The van der Waals surface area contributed by atoms with Gasteiger partial charge in [-0.1, -0.05) is 11.6 Å². The summed E-state index contributed by atoms with van der Waals surface area (Å²) < 4.78 is 31.3. The first-order valence-corrected chi connectivity index (χ1v) is 5.38. The molecule has 0 saturated heterocycles. The van der Waals surface area contributed by atoms with Gasteiger partial charge in [-0.15, -0.1) is 0 Å². The number of carboxylic acid groups (broad SMARTS) is 1. The monoisotopic (exact) mass is 285 g/mol. The molecule has 0 aliphatic heterocycles. The molecule has 2 aromatic rings. The summed E-state index contributed by atoms with van der Waals surface area (Å²) in [5.74, 6) is -3.78. The van der Waals surface area contributed by atoms with Crippen LogP contribution in [0.15, 0.2) is 30.3 Å². The van der Waals surface area contributed by atoms with Crippen LogP contribution in [0.3, 0.4) is 0 Å². The van der Waals surface area contributed by atoms with Crippen LogP contribution in [0, 0.1) is 11.6 Å². The Labute approximate surface area is 111 Å². The minimum Gasteiger partial charge on any atom is -0.477 e. The number of carboxylic acids is 1. The van der Waals surface area contributed by atoms with Crippen LogP contribution in [0.2, 0.25) is 5.15 Å². The normalized spacial score (nSPS) is 10.3. The van der Waals surface area contributed by atoms with E-state index in [1.54, 1.807) is 0 Å². The van der Waals surface area contributed by atoms with E-state index in [0.717, 1.165) is 24.3 Å². The third kappa shape index (κ3) is 2.97. The number of ether oxygens (including phenoxy) is 1. The quantitative estimate of drug-likeness (QED) is 0.877. The van der Waals surface area contributed by atoms with Gasteiger partial charge in [-0.25, -0.2) is 18.6 Å². The van der Waals surface area contributed by atoms with Crippen LogP contribution in [-0.2, 0) is 0 Å². The number of aromatic carboxylic acids is 1. The van der Waals surface area contributed by atoms with Crippen LogP contribution in [0.1, 0.15) is 10.4 Å². The van der Waals surface area contributed by atoms with E-state index in [9.17, 15) is 13.6 Å². The minimum absolute atomic E-state index is 0.0307. The Morgan fingerprint density at radius 2 is 2.00 bits per heavy atom. The Bertz CT molecular complexity index is 649. The molecule has 0 bridgehead atoms. The standard InChI is InChI=1S/C12H6ClF2NO3/c13-10-4-2-7(12(17)18)11(16-10)19-9-5-6(14)1-3-8(9)15/h1-5H,(H,17,18). The van der Waals surface area contributed by atoms with Crippen molar-refractivity contribution >= 4 is 17.6 Å². The first-order chi connectivity index (χ1) is 8.97. The Hall–Kier alpha value is -2.21. The number of nitrogens with zero attached hydrogens (tertiary/aromatic N) is 1. The molecule has 0 spiro atoms. The summed E-state index contributed by atoms with van der Waals surface area (Å²) in [7, 11) is 0. The Morgan fingerprint density at radius 3 is 2.68 bits per heavy atom. The molecule has 1 heterocycles. The minimum atomic E-state index is -1.32. The zero-order valence-electron chi connectivity index (χ0n) is 9.23. The van der Waals surface area contributed by atoms with E-state index in [2.05, 4.69) is 4.98 Å². The molecule has 7 heteroatoms. The summed E-state index contributed by atoms with van der Waals surface area (Å²) >= 11 is 5.61. The fraction of sp³-hybridized carbons (Fsp3) is 0. The van der Waals surface area contributed by atoms with Crippen LogP contribution >= 0.6 is 11.6 Å². The van der Waals surface area contributed by atoms with Crippen LogP contribution in [0.5, 0.6) is 11.6 Å². The number of hydrogen-bond donors (Lipinski definition) is 1. The Morgan fingerprint density at radius 1 is 1.26 bits per heavy atom. The van der Waals surface area contributed by atoms with Gasteiger partial charge in [0.05, 0.1) is 0 Å². The summed E-state index contributed by atoms with van der Waals surface area (Å²) in [5, 5.41) is 8.90. The molecule has 0 aliphatic carbocycles. The zero-order valence-corrected chi connectivity index (χ0v) is 9.99. The highest BCUT2D eigenvalue weighted by atomic mass is 35.5. The molecule has 1 aromatic heterocycles. The van der Waals surface area contributed by atoms with E-state index in [4.69, 9.17) is 21.4 Å². The Kier molecular flexibility index (Phi) is 3.62. The summed E-state index contributed by atoms with van der Waals surface area (Å²) in [6.45, 7) is 0. The number of halogens is 3. The summed E-state index contributed by atoms with van der Waals surface area (Å²) in [5.41, 5.74) is -0.312. The highest BCUT2D eigenvalue weighted by Crippen LogP contribution is 2.27. The van der Waals surface area contributed by atoms with Crippen molar-refractivity contribution in [3.63, 3.8) is 0 Å². The summed E-state index contributed by atoms with van der Waals surface area (Å²) in [6.07, 6.45) is 0. The second kappa shape index (κ2) is 5.19. The van der Waals surface area contributed by atoms with Crippen molar-refractivity contribution in [2.24, 2.45) is 0 Å². The molecule has 1 aromatic carbocycles. The fourth-order valence-corrected chi connectivity index (χ4v) is 1.46. The van der Waals surface area contributed by atoms with Crippen molar-refractivity contribution in [3.8, 4) is 11.6 Å². The molecular weight excluding hydrogens is 280 g/mol. The van der Waals surface area contributed by atoms with Crippen molar-refractivity contribution in [2.45, 2.75) is 0 Å². The highest BCUT2D eigenvalue weighted by molar-refractivity contribution is 6.29. The average molecular weight is 286 g/mol. The van der Waals surface area contributed by atoms with Crippen LogP contribution in [0.4, 0.5) is 8.78 Å². The SMILES string of the molecule is O=C(O)c1ccc(Cl)nc1Oc1cc(F)ccc1F. The summed E-state index contributed by atoms with van der Waals surface area (Å²) in [4.78, 5) is 14.6. The number of rotatable bonds is 3. The molecule has 0 unspecified atom stereocenters. The molecule has 4 nitrogen and oxygen atoms in total. The molecule has 98 valence electrons. The van der Waals surface area contributed by atoms with Gasteiger partial charge in [0.2, 0.25) is 5.88 Å². The maximum Gasteiger partial charge on any atom is 0.341 e. The lowest BCUT2D eigenvalue weighted by Crippen LogP contribution is -2.03. The van der Waals surface area contributed by atoms with Crippen molar-refractivity contribution in [3.05, 3.63) is 52.7 Å². The van der Waals surface area contributed by atoms with Gasteiger partial charge >= 0.3 is 5.97 Å². The van der Waals surface area contributed by atoms with Crippen LogP contribution < -0.4 is 4.74 Å². The maximum absolute atomic E-state index is 13.4. The van der Waals surface area contributed by atoms with Gasteiger partial charge in [0, 0.05) is 6.07 Å². The van der Waals surface area contributed by atoms with Gasteiger partial charge in [0.1, 0.15) is 16.5 Å². The van der Waals surface area contributed by atoms with E-state index in [1.165, 1.54) is 6.07 Å². The van der Waals surface area contributed by atoms with Crippen molar-refractivity contribution < 1.29 is 23.4 Å². The lowest BCUT2D eigenvalue weighted by Gasteiger charge is -2.08. The van der Waals surface area contributed by atoms with Gasteiger partial charge in [0.15, 0.2) is 11.6 Å². The molecule has 0 aliphatic rings. The number of hydrogen-bond acceptors (Lipinski definition) is 3. The number of carbonyl (C=O) groups is 1. The van der Waals surface area contributed by atoms with Crippen LogP contribution in [-0.4, -0.2) is 16.1 Å². The molecule has 19 heavy (non-hydrogen) atoms. The van der Waals surface area contributed by atoms with Crippen molar-refractivity contribution in [1.82, 2.24) is 4.98 Å². The summed E-state index contributed by atoms with van der Waals surface area (Å²) in [6, 6.07) is 4.95. The molecule has 0 radical (unpaired) electrons. The lowest BCUT2D eigenvalue weighted by atomic mass is 10.2. The lowest BCUT2D eigenvalue weighted by molar-refractivity contribution is 0.0693. The van der Waals surface area contributed by atoms with Gasteiger partial charge in [-0.05, 0) is 24.3 Å². The Balaban J connectivity index is 2.45. The molecule has 1 N–H and O–H groups in total. The molecule has 2 rings (SSSR count). The van der Waals surface area contributed by atoms with Crippen molar-refractivity contribution in [1.29, 1.82) is 0 Å². The maximum atomic E-state index is 13.4. The predicted octanol–water partition coefficient (Wildman–Crippen LogP) is 3.50. The fourth-order valence-electron chi connectivity index (χ4n) is 1.32. The van der Waals surface area contributed by atoms with E-state index in [1.807, 2.05) is 0 Å². The van der Waals surface area contributed by atoms with Gasteiger partial charge < -0.3 is 9.84 Å². The first kappa shape index (κ1) is 13.2. The van der Waals surface area contributed by atoms with Gasteiger partial charge in [-0.3, -0.25) is 0 Å². The van der Waals surface area contributed by atoms with Crippen LogP contribution in [0.25, 0.3) is 0 Å². The smallest absolute Gasteiger partial charge is 0.341 e. The predicted molar refractivity (Wildman–Crippen MR) is 62.6 cm³/mol. The van der Waals surface area contributed by atoms with E-state index in [0.29, 0.717) is 0 Å². The number of aromatic nitrogens is 1. The second-order valence-electron chi connectivity index (χ2n) is 3.47. The molecule has 0 atom stereocenters. The van der Waals surface area contributed by atoms with E-state index >= 15 is 0 Å². The van der Waals surface area contributed by atoms with E-state index in [-0.39, 0.29) is 10.7 Å². The first-order valence-electron chi connectivity index (χ1n) is 5.00. The third-order valence-corrected chi connectivity index (χ3v) is 2.37. The van der Waals surface area contributed by atoms with Crippen molar-refractivity contribution in [2.75, 3.05) is 0 Å². The molecule has 0 amide bonds.